The summed E-state index contributed by atoms with van der Waals surface area (Å²) in [5, 5.41) is 0. The van der Waals surface area contributed by atoms with Gasteiger partial charge in [0.1, 0.15) is 0 Å². The van der Waals surface area contributed by atoms with Crippen LogP contribution in [0, 0.1) is 5.41 Å². The highest BCUT2D eigenvalue weighted by Gasteiger charge is 2.23. The van der Waals surface area contributed by atoms with Crippen LogP contribution in [0.15, 0.2) is 0 Å². The van der Waals surface area contributed by atoms with Crippen LogP contribution in [0.5, 0.6) is 0 Å². The minimum atomic E-state index is -0.362. The topological polar surface area (TPSA) is 38.3 Å². The molecule has 0 unspecified atom stereocenters. The molecule has 1 saturated carbocycles. The number of hydrogen-bond donors (Lipinski definition) is 1. The Hall–Kier alpha value is -0.570. The molecule has 1 aliphatic carbocycles. The van der Waals surface area contributed by atoms with Gasteiger partial charge in [0.15, 0.2) is 0 Å². The van der Waals surface area contributed by atoms with Crippen LogP contribution >= 0.6 is 0 Å². The van der Waals surface area contributed by atoms with E-state index in [1.165, 1.54) is 12.8 Å². The van der Waals surface area contributed by atoms with Crippen LogP contribution in [-0.2, 0) is 9.63 Å². The van der Waals surface area contributed by atoms with Gasteiger partial charge >= 0.3 is 0 Å². The smallest absolute Gasteiger partial charge is 0.248 e. The molecule has 1 rings (SSSR count). The van der Waals surface area contributed by atoms with Gasteiger partial charge in [0.25, 0.3) is 0 Å². The summed E-state index contributed by atoms with van der Waals surface area (Å²) in [6.45, 7) is 5.63. The van der Waals surface area contributed by atoms with Gasteiger partial charge < -0.3 is 0 Å². The van der Waals surface area contributed by atoms with Gasteiger partial charge in [-0.3, -0.25) is 9.63 Å². The maximum atomic E-state index is 11.4. The minimum absolute atomic E-state index is 0.0422. The van der Waals surface area contributed by atoms with Gasteiger partial charge in [0, 0.05) is 5.41 Å². The molecular formula is C10H19NO2. The summed E-state index contributed by atoms with van der Waals surface area (Å²) in [6.07, 6.45) is 4.83. The Kier molecular flexibility index (Phi) is 3.31. The van der Waals surface area contributed by atoms with Crippen LogP contribution in [0.25, 0.3) is 0 Å². The van der Waals surface area contributed by atoms with Crippen LogP contribution < -0.4 is 5.48 Å². The molecule has 76 valence electrons. The first kappa shape index (κ1) is 10.5. The van der Waals surface area contributed by atoms with Gasteiger partial charge in [0.2, 0.25) is 5.91 Å². The van der Waals surface area contributed by atoms with Gasteiger partial charge in [-0.05, 0) is 12.8 Å². The molecular weight excluding hydrogens is 166 g/mol. The predicted molar refractivity (Wildman–Crippen MR) is 50.9 cm³/mol. The van der Waals surface area contributed by atoms with Crippen LogP contribution in [-0.4, -0.2) is 12.0 Å². The maximum Gasteiger partial charge on any atom is 0.248 e. The van der Waals surface area contributed by atoms with E-state index < -0.39 is 0 Å². The quantitative estimate of drug-likeness (QED) is 0.668. The van der Waals surface area contributed by atoms with E-state index in [0.717, 1.165) is 12.8 Å². The van der Waals surface area contributed by atoms with Crippen LogP contribution in [0.3, 0.4) is 0 Å². The molecule has 0 aromatic heterocycles. The second-order valence-electron chi connectivity index (χ2n) is 4.71. The van der Waals surface area contributed by atoms with E-state index in [2.05, 4.69) is 5.48 Å². The van der Waals surface area contributed by atoms with Crippen molar-refractivity contribution in [2.45, 2.75) is 52.6 Å². The van der Waals surface area contributed by atoms with Gasteiger partial charge in [-0.2, -0.15) is 0 Å². The largest absolute Gasteiger partial charge is 0.272 e. The summed E-state index contributed by atoms with van der Waals surface area (Å²) in [5.74, 6) is -0.0422. The summed E-state index contributed by atoms with van der Waals surface area (Å²) < 4.78 is 0. The monoisotopic (exact) mass is 185 g/mol. The zero-order valence-electron chi connectivity index (χ0n) is 8.72. The lowest BCUT2D eigenvalue weighted by Crippen LogP contribution is -2.36. The lowest BCUT2D eigenvalue weighted by molar-refractivity contribution is -0.146. The second kappa shape index (κ2) is 4.09. The Morgan fingerprint density at radius 1 is 1.31 bits per heavy atom. The van der Waals surface area contributed by atoms with E-state index in [9.17, 15) is 4.79 Å². The molecule has 3 nitrogen and oxygen atoms in total. The standard InChI is InChI=1S/C10H19NO2/c1-10(2,3)9(12)11-13-8-6-4-5-7-8/h8H,4-7H2,1-3H3,(H,11,12). The van der Waals surface area contributed by atoms with Crippen LogP contribution in [0.1, 0.15) is 46.5 Å². The molecule has 13 heavy (non-hydrogen) atoms. The molecule has 1 fully saturated rings. The normalized spacial score (nSPS) is 19.0. The number of amides is 1. The van der Waals surface area contributed by atoms with Gasteiger partial charge in [-0.1, -0.05) is 33.6 Å². The summed E-state index contributed by atoms with van der Waals surface area (Å²) in [5.41, 5.74) is 2.16. The van der Waals surface area contributed by atoms with E-state index in [1.807, 2.05) is 20.8 Å². The zero-order chi connectivity index (χ0) is 9.90. The fourth-order valence-electron chi connectivity index (χ4n) is 1.30. The van der Waals surface area contributed by atoms with E-state index in [1.54, 1.807) is 0 Å². The van der Waals surface area contributed by atoms with Gasteiger partial charge in [-0.15, -0.1) is 0 Å². The molecule has 3 heteroatoms. The van der Waals surface area contributed by atoms with Crippen molar-refractivity contribution in [1.82, 2.24) is 5.48 Å². The van der Waals surface area contributed by atoms with Crippen molar-refractivity contribution in [1.29, 1.82) is 0 Å². The number of hydrogen-bond acceptors (Lipinski definition) is 2. The highest BCUT2D eigenvalue weighted by molar-refractivity contribution is 5.80. The Morgan fingerprint density at radius 3 is 2.31 bits per heavy atom. The molecule has 0 aromatic carbocycles. The number of nitrogens with one attached hydrogen (secondary N) is 1. The fourth-order valence-corrected chi connectivity index (χ4v) is 1.30. The lowest BCUT2D eigenvalue weighted by atomic mass is 9.96. The van der Waals surface area contributed by atoms with Crippen molar-refractivity contribution in [2.24, 2.45) is 5.41 Å². The predicted octanol–water partition coefficient (Wildman–Crippen LogP) is 2.02. The van der Waals surface area contributed by atoms with Crippen molar-refractivity contribution in [2.75, 3.05) is 0 Å². The minimum Gasteiger partial charge on any atom is -0.272 e. The van der Waals surface area contributed by atoms with Gasteiger partial charge in [-0.25, -0.2) is 5.48 Å². The molecule has 0 aromatic rings. The Bertz CT molecular complexity index is 178. The molecule has 0 heterocycles. The van der Waals surface area contributed by atoms with Crippen molar-refractivity contribution in [3.05, 3.63) is 0 Å². The van der Waals surface area contributed by atoms with Crippen LogP contribution in [0.4, 0.5) is 0 Å². The number of rotatable bonds is 2. The summed E-state index contributed by atoms with van der Waals surface area (Å²) in [4.78, 5) is 16.7. The summed E-state index contributed by atoms with van der Waals surface area (Å²) in [7, 11) is 0. The molecule has 1 amide bonds. The fraction of sp³-hybridized carbons (Fsp3) is 0.900. The first-order valence-corrected chi connectivity index (χ1v) is 4.96. The maximum absolute atomic E-state index is 11.4. The Morgan fingerprint density at radius 2 is 1.85 bits per heavy atom. The molecule has 1 aliphatic rings. The molecule has 0 spiro atoms. The highest BCUT2D eigenvalue weighted by atomic mass is 16.7. The summed E-state index contributed by atoms with van der Waals surface area (Å²) >= 11 is 0. The molecule has 0 aliphatic heterocycles. The van der Waals surface area contributed by atoms with Crippen molar-refractivity contribution in [3.8, 4) is 0 Å². The second-order valence-corrected chi connectivity index (χ2v) is 4.71. The van der Waals surface area contributed by atoms with E-state index in [4.69, 9.17) is 4.84 Å². The summed E-state index contributed by atoms with van der Waals surface area (Å²) in [6, 6.07) is 0. The van der Waals surface area contributed by atoms with Crippen molar-refractivity contribution < 1.29 is 9.63 Å². The van der Waals surface area contributed by atoms with Crippen LogP contribution in [0.2, 0.25) is 0 Å². The molecule has 0 saturated heterocycles. The van der Waals surface area contributed by atoms with E-state index >= 15 is 0 Å². The third kappa shape index (κ3) is 3.35. The SMILES string of the molecule is CC(C)(C)C(=O)NOC1CCCC1. The number of carbonyl (C=O) groups excluding carboxylic acids is 1. The third-order valence-electron chi connectivity index (χ3n) is 2.30. The van der Waals surface area contributed by atoms with Gasteiger partial charge in [0.05, 0.1) is 6.10 Å². The van der Waals surface area contributed by atoms with E-state index in [-0.39, 0.29) is 17.4 Å². The van der Waals surface area contributed by atoms with Crippen molar-refractivity contribution in [3.63, 3.8) is 0 Å². The third-order valence-corrected chi connectivity index (χ3v) is 2.30. The zero-order valence-corrected chi connectivity index (χ0v) is 8.72. The lowest BCUT2D eigenvalue weighted by Gasteiger charge is -2.19. The molecule has 0 bridgehead atoms. The Labute approximate surface area is 79.8 Å². The van der Waals surface area contributed by atoms with E-state index in [0.29, 0.717) is 0 Å². The number of hydroxylamine groups is 1. The molecule has 0 radical (unpaired) electrons. The first-order chi connectivity index (χ1) is 6.00. The molecule has 1 N–H and O–H groups in total. The first-order valence-electron chi connectivity index (χ1n) is 4.96. The Balaban J connectivity index is 2.22. The average Bonchev–Trinajstić information content (AvgIpc) is 2.50. The molecule has 0 atom stereocenters. The van der Waals surface area contributed by atoms with Crippen molar-refractivity contribution >= 4 is 5.91 Å². The number of carbonyl (C=O) groups is 1. The average molecular weight is 185 g/mol. The highest BCUT2D eigenvalue weighted by Crippen LogP contribution is 2.20.